The fourth-order valence-electron chi connectivity index (χ4n) is 4.78. The summed E-state index contributed by atoms with van der Waals surface area (Å²) >= 11 is 0.706. The van der Waals surface area contributed by atoms with E-state index >= 15 is 0 Å². The molecular weight excluding hydrogens is 536 g/mol. The van der Waals surface area contributed by atoms with Crippen LogP contribution in [-0.2, 0) is 10.0 Å². The zero-order valence-electron chi connectivity index (χ0n) is 20.4. The first-order chi connectivity index (χ1) is 18.1. The number of hydrogen-bond donors (Lipinski definition) is 2. The predicted molar refractivity (Wildman–Crippen MR) is 137 cm³/mol. The minimum atomic E-state index is -4.04. The maximum absolute atomic E-state index is 13.4. The number of alkyl halides is 2. The highest BCUT2D eigenvalue weighted by atomic mass is 32.2. The highest BCUT2D eigenvalue weighted by Gasteiger charge is 2.47. The van der Waals surface area contributed by atoms with Gasteiger partial charge in [-0.3, -0.25) is 4.57 Å². The number of aromatic nitrogens is 5. The van der Waals surface area contributed by atoms with Gasteiger partial charge in [0.05, 0.1) is 21.9 Å². The second kappa shape index (κ2) is 8.87. The summed E-state index contributed by atoms with van der Waals surface area (Å²) in [7, 11) is -4.04. The molecule has 0 spiro atoms. The van der Waals surface area contributed by atoms with Crippen LogP contribution in [0.5, 0.6) is 0 Å². The molecule has 2 atom stereocenters. The third-order valence-electron chi connectivity index (χ3n) is 6.95. The fraction of sp³-hybridized carbons (Fsp3) is 0.435. The van der Waals surface area contributed by atoms with Crippen LogP contribution in [0.1, 0.15) is 38.1 Å². The number of piperazine rings is 1. The van der Waals surface area contributed by atoms with Gasteiger partial charge in [-0.25, -0.2) is 27.2 Å². The lowest BCUT2D eigenvalue weighted by atomic mass is 10.1. The average Bonchev–Trinajstić information content (AvgIpc) is 3.33. The second-order valence-electron chi connectivity index (χ2n) is 9.74. The van der Waals surface area contributed by atoms with E-state index in [2.05, 4.69) is 49.0 Å². The Morgan fingerprint density at radius 2 is 2.05 bits per heavy atom. The van der Waals surface area contributed by atoms with Crippen molar-refractivity contribution in [2.45, 2.75) is 55.6 Å². The van der Waals surface area contributed by atoms with Crippen LogP contribution in [0, 0.1) is 11.3 Å². The van der Waals surface area contributed by atoms with E-state index in [4.69, 9.17) is 0 Å². The maximum Gasteiger partial charge on any atom is 0.291 e. The van der Waals surface area contributed by atoms with Gasteiger partial charge in [-0.15, -0.1) is 10.2 Å². The van der Waals surface area contributed by atoms with Gasteiger partial charge in [0.15, 0.2) is 10.7 Å². The van der Waals surface area contributed by atoms with Crippen molar-refractivity contribution in [1.29, 1.82) is 5.26 Å². The lowest BCUT2D eigenvalue weighted by Crippen LogP contribution is -2.54. The predicted octanol–water partition coefficient (Wildman–Crippen LogP) is 2.88. The summed E-state index contributed by atoms with van der Waals surface area (Å²) in [5.74, 6) is 0.661. The van der Waals surface area contributed by atoms with Crippen molar-refractivity contribution in [1.82, 2.24) is 34.8 Å². The number of halogens is 2. The van der Waals surface area contributed by atoms with Crippen LogP contribution in [-0.4, -0.2) is 63.9 Å². The maximum atomic E-state index is 13.4. The standard InChI is InChI=1S/C23H23F2N9O2S2/c1-12-9-33(13(2)8-27-12)19-17-15-4-3-14(38(35,36)32-23(10-26)5-6-23)7-16(15)34(20(17)29-11-28-19)22-31-30-21(37-22)18(24)25/h3-4,7,11-13,18,27,32H,5-6,8-9H2,1-2H3. The van der Waals surface area contributed by atoms with Gasteiger partial charge in [0, 0.05) is 30.6 Å². The monoisotopic (exact) mass is 559 g/mol. The molecule has 2 N–H and O–H groups in total. The zero-order valence-corrected chi connectivity index (χ0v) is 22.0. The minimum Gasteiger partial charge on any atom is -0.350 e. The van der Waals surface area contributed by atoms with E-state index in [0.717, 1.165) is 6.54 Å². The highest BCUT2D eigenvalue weighted by Crippen LogP contribution is 2.40. The first-order valence-electron chi connectivity index (χ1n) is 12.0. The summed E-state index contributed by atoms with van der Waals surface area (Å²) in [4.78, 5) is 11.2. The van der Waals surface area contributed by atoms with E-state index in [0.29, 0.717) is 58.5 Å². The molecule has 2 unspecified atom stereocenters. The molecule has 4 heterocycles. The van der Waals surface area contributed by atoms with E-state index in [1.54, 1.807) is 10.6 Å². The van der Waals surface area contributed by atoms with E-state index < -0.39 is 27.0 Å². The number of nitriles is 1. The molecule has 1 saturated carbocycles. The van der Waals surface area contributed by atoms with Gasteiger partial charge in [0.2, 0.25) is 15.2 Å². The number of fused-ring (bicyclic) bond motifs is 3. The van der Waals surface area contributed by atoms with Crippen LogP contribution in [0.3, 0.4) is 0 Å². The van der Waals surface area contributed by atoms with Crippen molar-refractivity contribution in [3.05, 3.63) is 29.5 Å². The Morgan fingerprint density at radius 1 is 1.26 bits per heavy atom. The molecule has 4 aromatic rings. The summed E-state index contributed by atoms with van der Waals surface area (Å²) in [6.07, 6.45) is -0.521. The normalized spacial score (nSPS) is 21.3. The van der Waals surface area contributed by atoms with Gasteiger partial charge in [0.1, 0.15) is 17.7 Å². The van der Waals surface area contributed by atoms with Gasteiger partial charge in [-0.1, -0.05) is 17.4 Å². The van der Waals surface area contributed by atoms with Crippen molar-refractivity contribution in [3.63, 3.8) is 0 Å². The lowest BCUT2D eigenvalue weighted by Gasteiger charge is -2.38. The van der Waals surface area contributed by atoms with Crippen molar-refractivity contribution >= 4 is 49.1 Å². The van der Waals surface area contributed by atoms with E-state index in [1.807, 2.05) is 6.07 Å². The molecule has 0 bridgehead atoms. The number of rotatable bonds is 6. The number of anilines is 1. The Balaban J connectivity index is 1.60. The molecule has 1 aromatic carbocycles. The molecule has 198 valence electrons. The Morgan fingerprint density at radius 3 is 2.74 bits per heavy atom. The van der Waals surface area contributed by atoms with Crippen molar-refractivity contribution in [2.24, 2.45) is 0 Å². The summed E-state index contributed by atoms with van der Waals surface area (Å²) in [5, 5.41) is 21.4. The molecule has 1 saturated heterocycles. The molecule has 15 heteroatoms. The smallest absolute Gasteiger partial charge is 0.291 e. The SMILES string of the molecule is CC1CN(c2ncnc3c2c2ccc(S(=O)(=O)NC4(C#N)CC4)cc2n3-c2nnc(C(F)F)s2)C(C)CN1. The number of sulfonamides is 1. The molecule has 38 heavy (non-hydrogen) atoms. The van der Waals surface area contributed by atoms with Crippen LogP contribution >= 0.6 is 11.3 Å². The van der Waals surface area contributed by atoms with Crippen LogP contribution in [0.25, 0.3) is 27.1 Å². The summed E-state index contributed by atoms with van der Waals surface area (Å²) < 4.78 is 57.2. The summed E-state index contributed by atoms with van der Waals surface area (Å²) in [6, 6.07) is 6.92. The van der Waals surface area contributed by atoms with Gasteiger partial charge < -0.3 is 10.2 Å². The van der Waals surface area contributed by atoms with Gasteiger partial charge in [0.25, 0.3) is 6.43 Å². The van der Waals surface area contributed by atoms with Crippen LogP contribution in [0.2, 0.25) is 0 Å². The molecule has 0 amide bonds. The molecule has 6 rings (SSSR count). The van der Waals surface area contributed by atoms with Crippen molar-refractivity contribution in [2.75, 3.05) is 18.0 Å². The molecule has 0 radical (unpaired) electrons. The number of nitrogens with one attached hydrogen (secondary N) is 2. The molecule has 3 aromatic heterocycles. The summed E-state index contributed by atoms with van der Waals surface area (Å²) in [6.45, 7) is 5.58. The number of benzene rings is 1. The van der Waals surface area contributed by atoms with E-state index in [1.165, 1.54) is 18.5 Å². The molecule has 2 fully saturated rings. The van der Waals surface area contributed by atoms with Gasteiger partial charge in [-0.05, 0) is 38.8 Å². The quantitative estimate of drug-likeness (QED) is 0.365. The first-order valence-corrected chi connectivity index (χ1v) is 14.3. The average molecular weight is 560 g/mol. The third kappa shape index (κ3) is 4.08. The Hall–Kier alpha value is -3.32. The highest BCUT2D eigenvalue weighted by molar-refractivity contribution is 7.89. The number of nitrogens with zero attached hydrogens (tertiary/aromatic N) is 7. The van der Waals surface area contributed by atoms with Gasteiger partial charge in [-0.2, -0.15) is 9.98 Å². The third-order valence-corrected chi connectivity index (χ3v) is 9.40. The Kier molecular flexibility index (Phi) is 5.83. The Bertz CT molecular complexity index is 1710. The second-order valence-corrected chi connectivity index (χ2v) is 12.4. The zero-order chi connectivity index (χ0) is 26.8. The minimum absolute atomic E-state index is 0.0622. The Labute approximate surface area is 220 Å². The first kappa shape index (κ1) is 25.0. The summed E-state index contributed by atoms with van der Waals surface area (Å²) in [5.41, 5.74) is -0.294. The molecular formula is C23H23F2N9O2S2. The van der Waals surface area contributed by atoms with Crippen molar-refractivity contribution < 1.29 is 17.2 Å². The largest absolute Gasteiger partial charge is 0.350 e. The van der Waals surface area contributed by atoms with Crippen LogP contribution in [0.4, 0.5) is 14.6 Å². The molecule has 1 aliphatic carbocycles. The fourth-order valence-corrected chi connectivity index (χ4v) is 6.89. The van der Waals surface area contributed by atoms with Gasteiger partial charge >= 0.3 is 0 Å². The molecule has 2 aliphatic rings. The van der Waals surface area contributed by atoms with Crippen LogP contribution < -0.4 is 14.9 Å². The molecule has 1 aliphatic heterocycles. The lowest BCUT2D eigenvalue weighted by molar-refractivity contribution is 0.150. The topological polar surface area (TPSA) is 142 Å². The van der Waals surface area contributed by atoms with E-state index in [-0.39, 0.29) is 22.1 Å². The number of hydrogen-bond acceptors (Lipinski definition) is 10. The van der Waals surface area contributed by atoms with Crippen LogP contribution in [0.15, 0.2) is 29.4 Å². The molecule has 11 nitrogen and oxygen atoms in total. The van der Waals surface area contributed by atoms with Crippen molar-refractivity contribution in [3.8, 4) is 11.2 Å². The van der Waals surface area contributed by atoms with E-state index in [9.17, 15) is 22.5 Å².